The Hall–Kier alpha value is -1.33. The summed E-state index contributed by atoms with van der Waals surface area (Å²) in [6, 6.07) is 3.57. The van der Waals surface area contributed by atoms with Crippen LogP contribution in [0.15, 0.2) is 22.8 Å². The topological polar surface area (TPSA) is 71.5 Å². The Labute approximate surface area is 108 Å². The van der Waals surface area contributed by atoms with Crippen LogP contribution >= 0.6 is 0 Å². The lowest BCUT2D eigenvalue weighted by Gasteiger charge is -2.32. The number of nitrogens with two attached hydrogens (primary N) is 1. The van der Waals surface area contributed by atoms with Crippen LogP contribution in [0.3, 0.4) is 0 Å². The summed E-state index contributed by atoms with van der Waals surface area (Å²) in [5.41, 5.74) is 6.04. The standard InChI is InChI=1S/C13H23N3O2/c1-4-7-16(9-12(17)15-3)13(10(2)14)11-6-5-8-18-11/h5-6,8,10,13H,4,7,9,14H2,1-3H3,(H,15,17). The van der Waals surface area contributed by atoms with Crippen LogP contribution in [0.1, 0.15) is 32.1 Å². The van der Waals surface area contributed by atoms with Crippen molar-refractivity contribution >= 4 is 5.91 Å². The molecule has 0 aliphatic carbocycles. The molecule has 1 aromatic heterocycles. The van der Waals surface area contributed by atoms with E-state index < -0.39 is 0 Å². The minimum absolute atomic E-state index is 0.0133. The average Bonchev–Trinajstić information content (AvgIpc) is 2.82. The number of carbonyl (C=O) groups excluding carboxylic acids is 1. The first-order valence-corrected chi connectivity index (χ1v) is 6.33. The zero-order valence-electron chi connectivity index (χ0n) is 11.3. The smallest absolute Gasteiger partial charge is 0.233 e. The van der Waals surface area contributed by atoms with Gasteiger partial charge in [0.15, 0.2) is 0 Å². The van der Waals surface area contributed by atoms with Gasteiger partial charge in [-0.15, -0.1) is 0 Å². The fourth-order valence-electron chi connectivity index (χ4n) is 2.10. The summed E-state index contributed by atoms with van der Waals surface area (Å²) in [6.07, 6.45) is 2.59. The highest BCUT2D eigenvalue weighted by Crippen LogP contribution is 2.24. The van der Waals surface area contributed by atoms with Crippen LogP contribution in [-0.2, 0) is 4.79 Å². The molecule has 0 aliphatic heterocycles. The zero-order valence-corrected chi connectivity index (χ0v) is 11.3. The van der Waals surface area contributed by atoms with Crippen molar-refractivity contribution in [2.24, 2.45) is 5.73 Å². The van der Waals surface area contributed by atoms with Crippen LogP contribution < -0.4 is 11.1 Å². The summed E-state index contributed by atoms with van der Waals surface area (Å²) >= 11 is 0. The molecule has 1 heterocycles. The molecule has 0 saturated carbocycles. The summed E-state index contributed by atoms with van der Waals surface area (Å²) in [6.45, 7) is 5.15. The number of nitrogens with one attached hydrogen (secondary N) is 1. The fourth-order valence-corrected chi connectivity index (χ4v) is 2.10. The van der Waals surface area contributed by atoms with E-state index in [1.54, 1.807) is 13.3 Å². The van der Waals surface area contributed by atoms with Gasteiger partial charge in [0, 0.05) is 13.1 Å². The molecule has 0 fully saturated rings. The quantitative estimate of drug-likeness (QED) is 0.764. The van der Waals surface area contributed by atoms with Crippen LogP contribution in [0.25, 0.3) is 0 Å². The second-order valence-corrected chi connectivity index (χ2v) is 4.46. The van der Waals surface area contributed by atoms with Crippen molar-refractivity contribution in [3.05, 3.63) is 24.2 Å². The Morgan fingerprint density at radius 2 is 2.33 bits per heavy atom. The van der Waals surface area contributed by atoms with Crippen molar-refractivity contribution in [3.8, 4) is 0 Å². The molecule has 0 aliphatic rings. The van der Waals surface area contributed by atoms with Crippen LogP contribution in [0.4, 0.5) is 0 Å². The maximum atomic E-state index is 11.6. The molecule has 2 unspecified atom stereocenters. The van der Waals surface area contributed by atoms with E-state index in [2.05, 4.69) is 17.1 Å². The van der Waals surface area contributed by atoms with E-state index in [1.807, 2.05) is 19.1 Å². The predicted octanol–water partition coefficient (Wildman–Crippen LogP) is 1.13. The number of amides is 1. The Bertz CT molecular complexity index is 349. The number of hydrogen-bond donors (Lipinski definition) is 2. The average molecular weight is 253 g/mol. The molecule has 0 saturated heterocycles. The molecule has 3 N–H and O–H groups in total. The van der Waals surface area contributed by atoms with E-state index in [1.165, 1.54) is 0 Å². The van der Waals surface area contributed by atoms with E-state index in [4.69, 9.17) is 10.2 Å². The molecule has 1 rings (SSSR count). The summed E-state index contributed by atoms with van der Waals surface area (Å²) in [7, 11) is 1.64. The third-order valence-corrected chi connectivity index (χ3v) is 2.86. The number of nitrogens with zero attached hydrogens (tertiary/aromatic N) is 1. The van der Waals surface area contributed by atoms with Crippen LogP contribution in [0.2, 0.25) is 0 Å². The first-order valence-electron chi connectivity index (χ1n) is 6.33. The van der Waals surface area contributed by atoms with E-state index in [0.29, 0.717) is 6.54 Å². The predicted molar refractivity (Wildman–Crippen MR) is 71.0 cm³/mol. The molecule has 5 nitrogen and oxygen atoms in total. The van der Waals surface area contributed by atoms with Gasteiger partial charge in [-0.2, -0.15) is 0 Å². The Kier molecular flexibility index (Phi) is 5.88. The summed E-state index contributed by atoms with van der Waals surface area (Å²) in [5.74, 6) is 0.794. The van der Waals surface area contributed by atoms with Crippen molar-refractivity contribution in [1.82, 2.24) is 10.2 Å². The lowest BCUT2D eigenvalue weighted by Crippen LogP contribution is -2.44. The highest BCUT2D eigenvalue weighted by Gasteiger charge is 2.27. The molecule has 1 aromatic rings. The minimum Gasteiger partial charge on any atom is -0.468 e. The summed E-state index contributed by atoms with van der Waals surface area (Å²) in [4.78, 5) is 13.6. The second-order valence-electron chi connectivity index (χ2n) is 4.46. The highest BCUT2D eigenvalue weighted by molar-refractivity contribution is 5.77. The normalized spacial score (nSPS) is 14.5. The first kappa shape index (κ1) is 14.7. The fraction of sp³-hybridized carbons (Fsp3) is 0.615. The summed E-state index contributed by atoms with van der Waals surface area (Å²) in [5, 5.41) is 2.64. The van der Waals surface area contributed by atoms with Gasteiger partial charge in [-0.25, -0.2) is 0 Å². The SMILES string of the molecule is CCCN(CC(=O)NC)C(c1ccco1)C(C)N. The molecule has 0 aromatic carbocycles. The van der Waals surface area contributed by atoms with Crippen LogP contribution in [0, 0.1) is 0 Å². The van der Waals surface area contributed by atoms with Crippen molar-refractivity contribution in [2.75, 3.05) is 20.1 Å². The molecule has 0 radical (unpaired) electrons. The van der Waals surface area contributed by atoms with E-state index in [0.717, 1.165) is 18.7 Å². The van der Waals surface area contributed by atoms with Crippen molar-refractivity contribution in [3.63, 3.8) is 0 Å². The molecule has 18 heavy (non-hydrogen) atoms. The van der Waals surface area contributed by atoms with Gasteiger partial charge in [0.1, 0.15) is 5.76 Å². The largest absolute Gasteiger partial charge is 0.468 e. The number of carbonyl (C=O) groups is 1. The van der Waals surface area contributed by atoms with Crippen LogP contribution in [0.5, 0.6) is 0 Å². The number of likely N-dealkylation sites (N-methyl/N-ethyl adjacent to an activating group) is 1. The van der Waals surface area contributed by atoms with Crippen LogP contribution in [-0.4, -0.2) is 37.0 Å². The number of hydrogen-bond acceptors (Lipinski definition) is 4. The zero-order chi connectivity index (χ0) is 13.5. The van der Waals surface area contributed by atoms with E-state index in [-0.39, 0.29) is 18.0 Å². The lowest BCUT2D eigenvalue weighted by molar-refractivity contribution is -0.122. The Morgan fingerprint density at radius 1 is 1.61 bits per heavy atom. The number of rotatable bonds is 7. The molecule has 0 spiro atoms. The molecular formula is C13H23N3O2. The molecule has 1 amide bonds. The monoisotopic (exact) mass is 253 g/mol. The number of furan rings is 1. The second kappa shape index (κ2) is 7.18. The third-order valence-electron chi connectivity index (χ3n) is 2.86. The maximum absolute atomic E-state index is 11.6. The van der Waals surface area contributed by atoms with Crippen molar-refractivity contribution in [1.29, 1.82) is 0 Å². The maximum Gasteiger partial charge on any atom is 0.233 e. The Balaban J connectivity index is 2.87. The summed E-state index contributed by atoms with van der Waals surface area (Å²) < 4.78 is 5.45. The first-order chi connectivity index (χ1) is 8.60. The van der Waals surface area contributed by atoms with Gasteiger partial charge < -0.3 is 15.5 Å². The molecule has 102 valence electrons. The minimum atomic E-state index is -0.104. The third kappa shape index (κ3) is 3.85. The van der Waals surface area contributed by atoms with Gasteiger partial charge in [-0.05, 0) is 32.0 Å². The van der Waals surface area contributed by atoms with E-state index >= 15 is 0 Å². The van der Waals surface area contributed by atoms with Gasteiger partial charge in [-0.1, -0.05) is 6.92 Å². The highest BCUT2D eigenvalue weighted by atomic mass is 16.3. The van der Waals surface area contributed by atoms with E-state index in [9.17, 15) is 4.79 Å². The van der Waals surface area contributed by atoms with Crippen molar-refractivity contribution in [2.45, 2.75) is 32.4 Å². The molecule has 0 bridgehead atoms. The van der Waals surface area contributed by atoms with Gasteiger partial charge in [-0.3, -0.25) is 9.69 Å². The molecule has 2 atom stereocenters. The van der Waals surface area contributed by atoms with Gasteiger partial charge in [0.2, 0.25) is 5.91 Å². The van der Waals surface area contributed by atoms with Gasteiger partial charge in [0.25, 0.3) is 0 Å². The molecular weight excluding hydrogens is 230 g/mol. The molecule has 5 heteroatoms. The lowest BCUT2D eigenvalue weighted by atomic mass is 10.1. The van der Waals surface area contributed by atoms with Gasteiger partial charge >= 0.3 is 0 Å². The Morgan fingerprint density at radius 3 is 2.78 bits per heavy atom. The van der Waals surface area contributed by atoms with Crippen molar-refractivity contribution < 1.29 is 9.21 Å². The van der Waals surface area contributed by atoms with Gasteiger partial charge in [0.05, 0.1) is 18.8 Å².